The van der Waals surface area contributed by atoms with E-state index in [1.807, 2.05) is 12.1 Å². The van der Waals surface area contributed by atoms with Crippen LogP contribution < -0.4 is 10.2 Å². The van der Waals surface area contributed by atoms with E-state index < -0.39 is 0 Å². The van der Waals surface area contributed by atoms with Crippen molar-refractivity contribution < 1.29 is 0 Å². The average molecular weight is 318 g/mol. The van der Waals surface area contributed by atoms with Gasteiger partial charge in [-0.25, -0.2) is 0 Å². The molecule has 1 aromatic rings. The van der Waals surface area contributed by atoms with Gasteiger partial charge in [0.15, 0.2) is 0 Å². The summed E-state index contributed by atoms with van der Waals surface area (Å²) >= 11 is 9.55. The summed E-state index contributed by atoms with van der Waals surface area (Å²) in [7, 11) is 0. The fourth-order valence-electron chi connectivity index (χ4n) is 2.26. The Morgan fingerprint density at radius 2 is 2.35 bits per heavy atom. The second-order valence-electron chi connectivity index (χ2n) is 4.51. The molecular weight excluding hydrogens is 300 g/mol. The highest BCUT2D eigenvalue weighted by atomic mass is 79.9. The van der Waals surface area contributed by atoms with Crippen molar-refractivity contribution in [1.82, 2.24) is 5.32 Å². The van der Waals surface area contributed by atoms with Crippen LogP contribution in [-0.4, -0.2) is 26.2 Å². The molecule has 0 spiro atoms. The van der Waals surface area contributed by atoms with Gasteiger partial charge in [-0.05, 0) is 59.6 Å². The lowest BCUT2D eigenvalue weighted by Gasteiger charge is -2.19. The van der Waals surface area contributed by atoms with Gasteiger partial charge in [-0.1, -0.05) is 18.5 Å². The van der Waals surface area contributed by atoms with Crippen molar-refractivity contribution in [3.8, 4) is 0 Å². The summed E-state index contributed by atoms with van der Waals surface area (Å²) in [5, 5.41) is 4.21. The minimum Gasteiger partial charge on any atom is -0.371 e. The summed E-state index contributed by atoms with van der Waals surface area (Å²) in [4.78, 5) is 2.42. The van der Waals surface area contributed by atoms with Gasteiger partial charge in [0.2, 0.25) is 0 Å². The highest BCUT2D eigenvalue weighted by molar-refractivity contribution is 9.10. The molecule has 0 amide bonds. The van der Waals surface area contributed by atoms with Crippen molar-refractivity contribution in [3.63, 3.8) is 0 Å². The third kappa shape index (κ3) is 3.36. The summed E-state index contributed by atoms with van der Waals surface area (Å²) < 4.78 is 0.964. The lowest BCUT2D eigenvalue weighted by molar-refractivity contribution is 0.528. The predicted molar refractivity (Wildman–Crippen MR) is 78.0 cm³/mol. The van der Waals surface area contributed by atoms with E-state index in [1.54, 1.807) is 0 Å². The van der Waals surface area contributed by atoms with Gasteiger partial charge in [0, 0.05) is 23.2 Å². The van der Waals surface area contributed by atoms with Crippen LogP contribution in [0.25, 0.3) is 0 Å². The van der Waals surface area contributed by atoms with E-state index in [0.717, 1.165) is 41.6 Å². The summed E-state index contributed by atoms with van der Waals surface area (Å²) in [6.07, 6.45) is 1.26. The molecule has 0 radical (unpaired) electrons. The topological polar surface area (TPSA) is 15.3 Å². The zero-order valence-corrected chi connectivity index (χ0v) is 12.4. The summed E-state index contributed by atoms with van der Waals surface area (Å²) in [6.45, 7) is 6.60. The van der Waals surface area contributed by atoms with Gasteiger partial charge < -0.3 is 10.2 Å². The van der Waals surface area contributed by atoms with E-state index in [1.165, 1.54) is 12.1 Å². The standard InChI is InChI=1S/C13H18BrClN2/c1-2-16-8-10-5-6-17(9-10)11-3-4-12(14)13(15)7-11/h3-4,7,10,16H,2,5-6,8-9H2,1H3. The smallest absolute Gasteiger partial charge is 0.0568 e. The van der Waals surface area contributed by atoms with Gasteiger partial charge in [-0.2, -0.15) is 0 Å². The average Bonchev–Trinajstić information content (AvgIpc) is 2.79. The van der Waals surface area contributed by atoms with Crippen LogP contribution >= 0.6 is 27.5 Å². The van der Waals surface area contributed by atoms with Crippen LogP contribution in [0, 0.1) is 5.92 Å². The highest BCUT2D eigenvalue weighted by Crippen LogP contribution is 2.30. The molecule has 0 saturated carbocycles. The number of benzene rings is 1. The molecule has 1 aromatic carbocycles. The number of halogens is 2. The minimum absolute atomic E-state index is 0.761. The molecule has 0 aromatic heterocycles. The molecule has 1 heterocycles. The Morgan fingerprint density at radius 3 is 3.06 bits per heavy atom. The maximum atomic E-state index is 6.13. The van der Waals surface area contributed by atoms with Gasteiger partial charge in [-0.3, -0.25) is 0 Å². The SMILES string of the molecule is CCNCC1CCN(c2ccc(Br)c(Cl)c2)C1. The first-order valence-corrected chi connectivity index (χ1v) is 7.28. The Morgan fingerprint density at radius 1 is 1.53 bits per heavy atom. The number of hydrogen-bond donors (Lipinski definition) is 1. The zero-order chi connectivity index (χ0) is 12.3. The first-order chi connectivity index (χ1) is 8.20. The van der Waals surface area contributed by atoms with Crippen molar-refractivity contribution in [2.45, 2.75) is 13.3 Å². The van der Waals surface area contributed by atoms with E-state index in [2.05, 4.69) is 39.1 Å². The zero-order valence-electron chi connectivity index (χ0n) is 10.0. The van der Waals surface area contributed by atoms with E-state index >= 15 is 0 Å². The maximum absolute atomic E-state index is 6.13. The van der Waals surface area contributed by atoms with Crippen molar-refractivity contribution in [1.29, 1.82) is 0 Å². The van der Waals surface area contributed by atoms with E-state index in [-0.39, 0.29) is 0 Å². The first kappa shape index (κ1) is 13.2. The van der Waals surface area contributed by atoms with Gasteiger partial charge in [0.1, 0.15) is 0 Å². The lowest BCUT2D eigenvalue weighted by Crippen LogP contribution is -2.26. The first-order valence-electron chi connectivity index (χ1n) is 6.11. The molecule has 1 N–H and O–H groups in total. The second kappa shape index (κ2) is 6.07. The minimum atomic E-state index is 0.761. The van der Waals surface area contributed by atoms with Crippen LogP contribution in [0.15, 0.2) is 22.7 Å². The van der Waals surface area contributed by atoms with Crippen LogP contribution in [0.5, 0.6) is 0 Å². The molecule has 2 rings (SSSR count). The molecular formula is C13H18BrClN2. The monoisotopic (exact) mass is 316 g/mol. The molecule has 4 heteroatoms. The number of anilines is 1. The van der Waals surface area contributed by atoms with Crippen LogP contribution in [0.2, 0.25) is 5.02 Å². The molecule has 1 aliphatic rings. The summed E-state index contributed by atoms with van der Waals surface area (Å²) in [5.74, 6) is 0.761. The second-order valence-corrected chi connectivity index (χ2v) is 5.77. The Hall–Kier alpha value is -0.250. The van der Waals surface area contributed by atoms with E-state index in [9.17, 15) is 0 Å². The summed E-state index contributed by atoms with van der Waals surface area (Å²) in [5.41, 5.74) is 1.23. The van der Waals surface area contributed by atoms with Gasteiger partial charge in [0.05, 0.1) is 5.02 Å². The van der Waals surface area contributed by atoms with Crippen LogP contribution in [0.3, 0.4) is 0 Å². The third-order valence-electron chi connectivity index (χ3n) is 3.24. The van der Waals surface area contributed by atoms with Crippen LogP contribution in [-0.2, 0) is 0 Å². The molecule has 1 atom stereocenters. The van der Waals surface area contributed by atoms with Crippen molar-refractivity contribution in [3.05, 3.63) is 27.7 Å². The van der Waals surface area contributed by atoms with Crippen molar-refractivity contribution in [2.24, 2.45) is 5.92 Å². The van der Waals surface area contributed by atoms with E-state index in [4.69, 9.17) is 11.6 Å². The largest absolute Gasteiger partial charge is 0.371 e. The molecule has 0 bridgehead atoms. The Labute approximate surface area is 116 Å². The fraction of sp³-hybridized carbons (Fsp3) is 0.538. The van der Waals surface area contributed by atoms with Gasteiger partial charge in [0.25, 0.3) is 0 Å². The number of nitrogens with one attached hydrogen (secondary N) is 1. The number of rotatable bonds is 4. The third-order valence-corrected chi connectivity index (χ3v) is 4.47. The normalized spacial score (nSPS) is 19.9. The Bertz CT molecular complexity index is 384. The molecule has 1 aliphatic heterocycles. The van der Waals surface area contributed by atoms with E-state index in [0.29, 0.717) is 0 Å². The highest BCUT2D eigenvalue weighted by Gasteiger charge is 2.22. The van der Waals surface area contributed by atoms with Crippen molar-refractivity contribution in [2.75, 3.05) is 31.1 Å². The molecule has 1 fully saturated rings. The van der Waals surface area contributed by atoms with Gasteiger partial charge >= 0.3 is 0 Å². The molecule has 1 saturated heterocycles. The summed E-state index contributed by atoms with van der Waals surface area (Å²) in [6, 6.07) is 6.20. The van der Waals surface area contributed by atoms with Crippen LogP contribution in [0.4, 0.5) is 5.69 Å². The van der Waals surface area contributed by atoms with Gasteiger partial charge in [-0.15, -0.1) is 0 Å². The number of nitrogens with zero attached hydrogens (tertiary/aromatic N) is 1. The van der Waals surface area contributed by atoms with Crippen LogP contribution in [0.1, 0.15) is 13.3 Å². The predicted octanol–water partition coefficient (Wildman–Crippen LogP) is 3.54. The lowest BCUT2D eigenvalue weighted by atomic mass is 10.1. The molecule has 2 nitrogen and oxygen atoms in total. The Kier molecular flexibility index (Phi) is 4.71. The van der Waals surface area contributed by atoms with Crippen molar-refractivity contribution >= 4 is 33.2 Å². The molecule has 1 unspecified atom stereocenters. The molecule has 17 heavy (non-hydrogen) atoms. The number of hydrogen-bond acceptors (Lipinski definition) is 2. The Balaban J connectivity index is 1.97. The molecule has 94 valence electrons. The quantitative estimate of drug-likeness (QED) is 0.914. The fourth-order valence-corrected chi connectivity index (χ4v) is 2.69. The molecule has 0 aliphatic carbocycles. The maximum Gasteiger partial charge on any atom is 0.0568 e.